The fourth-order valence-electron chi connectivity index (χ4n) is 6.89. The van der Waals surface area contributed by atoms with Crippen LogP contribution in [0.3, 0.4) is 0 Å². The highest BCUT2D eigenvalue weighted by molar-refractivity contribution is 6.31. The molecule has 1 saturated carbocycles. The van der Waals surface area contributed by atoms with Gasteiger partial charge in [-0.1, -0.05) is 75.1 Å². The predicted molar refractivity (Wildman–Crippen MR) is 210 cm³/mol. The van der Waals surface area contributed by atoms with Crippen molar-refractivity contribution in [1.82, 2.24) is 35.8 Å². The second kappa shape index (κ2) is 17.5. The molecule has 4 N–H and O–H groups in total. The van der Waals surface area contributed by atoms with Crippen molar-refractivity contribution in [2.75, 3.05) is 6.54 Å². The molecule has 17 heteroatoms. The van der Waals surface area contributed by atoms with Crippen LogP contribution in [0.5, 0.6) is 0 Å². The normalized spacial score (nSPS) is 21.5. The van der Waals surface area contributed by atoms with Gasteiger partial charge in [-0.25, -0.2) is 4.68 Å². The number of oxime groups is 1. The van der Waals surface area contributed by atoms with Gasteiger partial charge < -0.3 is 35.5 Å². The molecule has 16 nitrogen and oxygen atoms in total. The minimum Gasteiger partial charge on any atom is -0.442 e. The number of nitrogens with one attached hydrogen (secondary N) is 3. The molecule has 4 amide bonds. The minimum atomic E-state index is -1.49. The Labute approximate surface area is 338 Å². The standard InChI is InChI=1S/C40H57ClN8O8/c1-9-11-28(31(50)35(53)42-26-14-15-26)43-34(52)30-19-40(18-29(46-57-40)24-12-10-13-25(41)17-24)21-49(30)36(54)32(38(3,4)5)44-33(51)23(2)16-27-20-48(47-45-27)22-56-37(55)39(6,7)8/h10,12-13,17,20,23,26,28,30-32,50H,9,11,14-16,18-19,21-22H2,1-8H3,(H,42,53)(H,43,52)(H,44,51)/t23-,28+,30+,31?,32-,40-/m1/s1. The highest BCUT2D eigenvalue weighted by atomic mass is 35.5. The van der Waals surface area contributed by atoms with Gasteiger partial charge >= 0.3 is 5.97 Å². The number of halogens is 1. The van der Waals surface area contributed by atoms with Gasteiger partial charge in [0.15, 0.2) is 18.4 Å². The summed E-state index contributed by atoms with van der Waals surface area (Å²) < 4.78 is 6.68. The molecule has 57 heavy (non-hydrogen) atoms. The van der Waals surface area contributed by atoms with Gasteiger partial charge in [0.2, 0.25) is 17.7 Å². The minimum absolute atomic E-state index is 0.0124. The van der Waals surface area contributed by atoms with E-state index < -0.39 is 76.2 Å². The van der Waals surface area contributed by atoms with Crippen molar-refractivity contribution in [2.45, 2.75) is 143 Å². The number of rotatable bonds is 15. The molecule has 2 aliphatic heterocycles. The van der Waals surface area contributed by atoms with E-state index >= 15 is 0 Å². The summed E-state index contributed by atoms with van der Waals surface area (Å²) in [6.07, 6.45) is 3.23. The number of aliphatic hydroxyl groups excluding tert-OH is 1. The summed E-state index contributed by atoms with van der Waals surface area (Å²) >= 11 is 6.27. The molecule has 2 aromatic rings. The number of esters is 1. The van der Waals surface area contributed by atoms with Gasteiger partial charge in [-0.05, 0) is 57.6 Å². The predicted octanol–water partition coefficient (Wildman–Crippen LogP) is 3.28. The maximum absolute atomic E-state index is 14.8. The number of hydrogen-bond donors (Lipinski definition) is 4. The fourth-order valence-corrected chi connectivity index (χ4v) is 7.08. The number of nitrogens with zero attached hydrogens (tertiary/aromatic N) is 5. The third kappa shape index (κ3) is 11.1. The third-order valence-electron chi connectivity index (χ3n) is 10.4. The van der Waals surface area contributed by atoms with Crippen LogP contribution in [0.4, 0.5) is 0 Å². The van der Waals surface area contributed by atoms with Crippen LogP contribution in [0, 0.1) is 16.7 Å². The van der Waals surface area contributed by atoms with E-state index in [0.717, 1.165) is 18.4 Å². The summed E-state index contributed by atoms with van der Waals surface area (Å²) in [5, 5.41) is 32.7. The van der Waals surface area contributed by atoms with E-state index in [0.29, 0.717) is 29.3 Å². The first-order chi connectivity index (χ1) is 26.7. The summed E-state index contributed by atoms with van der Waals surface area (Å²) in [5.74, 6) is -3.05. The van der Waals surface area contributed by atoms with Crippen molar-refractivity contribution in [2.24, 2.45) is 21.9 Å². The number of amides is 4. The number of likely N-dealkylation sites (tertiary alicyclic amines) is 1. The van der Waals surface area contributed by atoms with Gasteiger partial charge in [-0.15, -0.1) is 5.10 Å². The smallest absolute Gasteiger partial charge is 0.313 e. The van der Waals surface area contributed by atoms with Gasteiger partial charge in [0.1, 0.15) is 12.1 Å². The lowest BCUT2D eigenvalue weighted by Gasteiger charge is -2.36. The number of carbonyl (C=O) groups excluding carboxylic acids is 5. The number of benzene rings is 1. The number of aromatic nitrogens is 3. The van der Waals surface area contributed by atoms with Gasteiger partial charge in [-0.3, -0.25) is 24.0 Å². The van der Waals surface area contributed by atoms with Crippen LogP contribution in [0.2, 0.25) is 5.02 Å². The Kier molecular flexibility index (Phi) is 13.4. The van der Waals surface area contributed by atoms with Crippen molar-refractivity contribution in [3.8, 4) is 0 Å². The molecule has 3 heterocycles. The molecule has 3 aliphatic rings. The van der Waals surface area contributed by atoms with Crippen molar-refractivity contribution in [3.05, 3.63) is 46.7 Å². The van der Waals surface area contributed by atoms with Gasteiger partial charge in [0, 0.05) is 41.8 Å². The van der Waals surface area contributed by atoms with Crippen LogP contribution in [0.25, 0.3) is 0 Å². The van der Waals surface area contributed by atoms with Crippen LogP contribution in [-0.4, -0.2) is 103 Å². The SMILES string of the molecule is CCC[C@H](NC(=O)[C@@H]1C[C@]2(CC(c3cccc(Cl)c3)=NO2)CN1C(=O)[C@@H](NC(=O)[C@H](C)Cc1cn(COC(=O)C(C)(C)C)nn1)C(C)(C)C)C(O)C(=O)NC1CC1. The first-order valence-electron chi connectivity index (χ1n) is 19.7. The molecule has 1 unspecified atom stereocenters. The summed E-state index contributed by atoms with van der Waals surface area (Å²) in [5.41, 5.74) is -0.695. The number of carbonyl (C=O) groups is 5. The zero-order chi connectivity index (χ0) is 41.9. The molecule has 312 valence electrons. The van der Waals surface area contributed by atoms with E-state index in [4.69, 9.17) is 21.2 Å². The summed E-state index contributed by atoms with van der Waals surface area (Å²) in [6.45, 7) is 14.2. The van der Waals surface area contributed by atoms with Crippen LogP contribution >= 0.6 is 11.6 Å². The van der Waals surface area contributed by atoms with Crippen molar-refractivity contribution >= 4 is 46.9 Å². The van der Waals surface area contributed by atoms with E-state index in [1.165, 1.54) is 9.58 Å². The first kappa shape index (κ1) is 43.6. The topological polar surface area (TPSA) is 206 Å². The molecule has 1 aromatic heterocycles. The average Bonchev–Trinajstić information content (AvgIpc) is 3.50. The molecule has 5 rings (SSSR count). The Hall–Kier alpha value is -4.57. The Morgan fingerprint density at radius 1 is 1.09 bits per heavy atom. The van der Waals surface area contributed by atoms with Crippen LogP contribution < -0.4 is 16.0 Å². The maximum Gasteiger partial charge on any atom is 0.313 e. The van der Waals surface area contributed by atoms with E-state index in [-0.39, 0.29) is 38.6 Å². The summed E-state index contributed by atoms with van der Waals surface area (Å²) in [6, 6.07) is 4.14. The molecule has 1 saturated heterocycles. The van der Waals surface area contributed by atoms with Crippen LogP contribution in [-0.2, 0) is 46.7 Å². The molecule has 0 bridgehead atoms. The van der Waals surface area contributed by atoms with Gasteiger partial charge in [-0.2, -0.15) is 0 Å². The quantitative estimate of drug-likeness (QED) is 0.193. The lowest BCUT2D eigenvalue weighted by atomic mass is 9.85. The van der Waals surface area contributed by atoms with Crippen LogP contribution in [0.15, 0.2) is 35.6 Å². The largest absolute Gasteiger partial charge is 0.442 e. The second-order valence-corrected chi connectivity index (χ2v) is 18.2. The fraction of sp³-hybridized carbons (Fsp3) is 0.650. The number of hydrogen-bond acceptors (Lipinski definition) is 11. The van der Waals surface area contributed by atoms with Gasteiger partial charge in [0.25, 0.3) is 5.91 Å². The number of ether oxygens (including phenoxy) is 1. The molecule has 0 radical (unpaired) electrons. The molecule has 6 atom stereocenters. The molecular weight excluding hydrogens is 756 g/mol. The maximum atomic E-state index is 14.8. The lowest BCUT2D eigenvalue weighted by molar-refractivity contribution is -0.157. The monoisotopic (exact) mass is 812 g/mol. The zero-order valence-corrected chi connectivity index (χ0v) is 34.9. The molecular formula is C40H57ClN8O8. The second-order valence-electron chi connectivity index (χ2n) is 17.8. The molecule has 1 spiro atoms. The van der Waals surface area contributed by atoms with Crippen molar-refractivity contribution < 1.29 is 38.7 Å². The third-order valence-corrected chi connectivity index (χ3v) is 10.6. The Morgan fingerprint density at radius 3 is 2.44 bits per heavy atom. The van der Waals surface area contributed by atoms with E-state index in [2.05, 4.69) is 31.4 Å². The molecule has 2 fully saturated rings. The van der Waals surface area contributed by atoms with Crippen molar-refractivity contribution in [3.63, 3.8) is 0 Å². The summed E-state index contributed by atoms with van der Waals surface area (Å²) in [7, 11) is 0. The first-order valence-corrected chi connectivity index (χ1v) is 20.0. The zero-order valence-electron chi connectivity index (χ0n) is 34.1. The van der Waals surface area contributed by atoms with E-state index in [1.807, 2.05) is 33.8 Å². The van der Waals surface area contributed by atoms with E-state index in [9.17, 15) is 29.1 Å². The Morgan fingerprint density at radius 2 is 1.81 bits per heavy atom. The average molecular weight is 813 g/mol. The highest BCUT2D eigenvalue weighted by Gasteiger charge is 2.56. The molecule has 1 aromatic carbocycles. The van der Waals surface area contributed by atoms with Crippen LogP contribution in [0.1, 0.15) is 105 Å². The number of aliphatic hydroxyl groups is 1. The van der Waals surface area contributed by atoms with Gasteiger partial charge in [0.05, 0.1) is 35.6 Å². The molecule has 1 aliphatic carbocycles. The summed E-state index contributed by atoms with van der Waals surface area (Å²) in [4.78, 5) is 75.4. The Bertz CT molecular complexity index is 1850. The highest BCUT2D eigenvalue weighted by Crippen LogP contribution is 2.40. The van der Waals surface area contributed by atoms with E-state index in [1.54, 1.807) is 52.1 Å². The lowest BCUT2D eigenvalue weighted by Crippen LogP contribution is -2.60. The Balaban J connectivity index is 1.34. The van der Waals surface area contributed by atoms with Crippen molar-refractivity contribution in [1.29, 1.82) is 0 Å².